The lowest BCUT2D eigenvalue weighted by molar-refractivity contribution is -0.143. The summed E-state index contributed by atoms with van der Waals surface area (Å²) in [6.45, 7) is -0.0148. The third-order valence-electron chi connectivity index (χ3n) is 4.69. The van der Waals surface area contributed by atoms with Gasteiger partial charge in [-0.25, -0.2) is 4.68 Å². The Hall–Kier alpha value is -4.34. The quantitative estimate of drug-likeness (QED) is 0.443. The first-order valence-electron chi connectivity index (χ1n) is 9.75. The van der Waals surface area contributed by atoms with Gasteiger partial charge in [0.2, 0.25) is 0 Å². The number of aromatic nitrogens is 2. The molecule has 7 nitrogen and oxygen atoms in total. The first-order valence-corrected chi connectivity index (χ1v) is 9.75. The van der Waals surface area contributed by atoms with Gasteiger partial charge in [0.15, 0.2) is 11.5 Å². The number of rotatable bonds is 6. The number of carbonyl (C=O) groups excluding carboxylic acids is 2. The number of alkyl halides is 3. The van der Waals surface area contributed by atoms with Gasteiger partial charge in [-0.3, -0.25) is 9.59 Å². The summed E-state index contributed by atoms with van der Waals surface area (Å²) in [5.41, 5.74) is -0.412. The third kappa shape index (κ3) is 4.95. The van der Waals surface area contributed by atoms with Crippen molar-refractivity contribution in [2.24, 2.45) is 0 Å². The van der Waals surface area contributed by atoms with Crippen molar-refractivity contribution in [3.8, 4) is 5.69 Å². The van der Waals surface area contributed by atoms with Crippen molar-refractivity contribution in [2.75, 3.05) is 5.32 Å². The first kappa shape index (κ1) is 21.9. The summed E-state index contributed by atoms with van der Waals surface area (Å²) in [7, 11) is 0. The lowest BCUT2D eigenvalue weighted by atomic mass is 10.1. The van der Waals surface area contributed by atoms with Crippen molar-refractivity contribution >= 4 is 17.5 Å². The molecule has 0 bridgehead atoms. The third-order valence-corrected chi connectivity index (χ3v) is 4.69. The van der Waals surface area contributed by atoms with E-state index >= 15 is 0 Å². The zero-order valence-corrected chi connectivity index (χ0v) is 17.0. The predicted octanol–water partition coefficient (Wildman–Crippen LogP) is 4.67. The summed E-state index contributed by atoms with van der Waals surface area (Å²) in [6.07, 6.45) is -2.50. The SMILES string of the molecule is O=C(Nc1ccc(CNC(=O)c2cnn(-c3ccccc3)c2C(F)(F)F)cc1)c1ccco1. The van der Waals surface area contributed by atoms with Crippen molar-refractivity contribution in [1.29, 1.82) is 0 Å². The Kier molecular flexibility index (Phi) is 5.99. The topological polar surface area (TPSA) is 89.2 Å². The van der Waals surface area contributed by atoms with Crippen LogP contribution >= 0.6 is 0 Å². The van der Waals surface area contributed by atoms with Crippen LogP contribution in [0.2, 0.25) is 0 Å². The monoisotopic (exact) mass is 454 g/mol. The highest BCUT2D eigenvalue weighted by Gasteiger charge is 2.40. The molecule has 0 fully saturated rings. The Morgan fingerprint density at radius 3 is 2.30 bits per heavy atom. The van der Waals surface area contributed by atoms with Gasteiger partial charge in [0, 0.05) is 12.2 Å². The normalized spacial score (nSPS) is 11.2. The van der Waals surface area contributed by atoms with Crippen LogP contribution in [0.1, 0.15) is 32.2 Å². The summed E-state index contributed by atoms with van der Waals surface area (Å²) in [6, 6.07) is 17.4. The molecule has 33 heavy (non-hydrogen) atoms. The minimum absolute atomic E-state index is 0.0148. The second-order valence-corrected chi connectivity index (χ2v) is 6.96. The number of halogens is 3. The van der Waals surface area contributed by atoms with Gasteiger partial charge in [-0.05, 0) is 42.0 Å². The summed E-state index contributed by atoms with van der Waals surface area (Å²) in [5, 5.41) is 8.91. The number of hydrogen-bond donors (Lipinski definition) is 2. The van der Waals surface area contributed by atoms with Crippen molar-refractivity contribution in [2.45, 2.75) is 12.7 Å². The molecule has 0 aliphatic rings. The van der Waals surface area contributed by atoms with Gasteiger partial charge in [-0.1, -0.05) is 30.3 Å². The van der Waals surface area contributed by atoms with Gasteiger partial charge >= 0.3 is 6.18 Å². The zero-order valence-electron chi connectivity index (χ0n) is 17.0. The van der Waals surface area contributed by atoms with Gasteiger partial charge in [0.25, 0.3) is 11.8 Å². The van der Waals surface area contributed by atoms with E-state index in [-0.39, 0.29) is 18.0 Å². The van der Waals surface area contributed by atoms with Crippen LogP contribution in [0.25, 0.3) is 5.69 Å². The van der Waals surface area contributed by atoms with E-state index in [0.29, 0.717) is 15.9 Å². The maximum Gasteiger partial charge on any atom is 0.434 e. The fraction of sp³-hybridized carbons (Fsp3) is 0.0870. The molecule has 0 aliphatic heterocycles. The molecule has 10 heteroatoms. The van der Waals surface area contributed by atoms with Crippen LogP contribution < -0.4 is 10.6 Å². The van der Waals surface area contributed by atoms with E-state index in [0.717, 1.165) is 6.20 Å². The molecule has 4 rings (SSSR count). The van der Waals surface area contributed by atoms with Crippen LogP contribution in [-0.2, 0) is 12.7 Å². The van der Waals surface area contributed by atoms with E-state index in [1.54, 1.807) is 48.5 Å². The summed E-state index contributed by atoms with van der Waals surface area (Å²) >= 11 is 0. The predicted molar refractivity (Wildman–Crippen MR) is 113 cm³/mol. The molecule has 4 aromatic rings. The van der Waals surface area contributed by atoms with Gasteiger partial charge in [0.05, 0.1) is 23.7 Å². The molecule has 0 unspecified atom stereocenters. The molecule has 2 amide bonds. The molecular weight excluding hydrogens is 437 g/mol. The average molecular weight is 454 g/mol. The fourth-order valence-corrected chi connectivity index (χ4v) is 3.14. The van der Waals surface area contributed by atoms with Crippen molar-refractivity contribution in [1.82, 2.24) is 15.1 Å². The number of carbonyl (C=O) groups is 2. The van der Waals surface area contributed by atoms with E-state index in [4.69, 9.17) is 4.42 Å². The standard InChI is InChI=1S/C23H17F3N4O3/c24-23(25,26)20-18(14-28-30(20)17-5-2-1-3-6-17)21(31)27-13-15-8-10-16(11-9-15)29-22(32)19-7-4-12-33-19/h1-12,14H,13H2,(H,27,31)(H,29,32). The minimum Gasteiger partial charge on any atom is -0.459 e. The number of furan rings is 1. The number of hydrogen-bond acceptors (Lipinski definition) is 4. The van der Waals surface area contributed by atoms with Crippen LogP contribution in [0.4, 0.5) is 18.9 Å². The lowest BCUT2D eigenvalue weighted by Crippen LogP contribution is -2.26. The number of anilines is 1. The summed E-state index contributed by atoms with van der Waals surface area (Å²) < 4.78 is 46.9. The maximum atomic E-state index is 13.7. The summed E-state index contributed by atoms with van der Waals surface area (Å²) in [4.78, 5) is 24.5. The lowest BCUT2D eigenvalue weighted by Gasteiger charge is -2.13. The molecule has 0 aliphatic carbocycles. The van der Waals surface area contributed by atoms with Crippen molar-refractivity contribution < 1.29 is 27.2 Å². The number of nitrogens with one attached hydrogen (secondary N) is 2. The molecule has 2 N–H and O–H groups in total. The minimum atomic E-state index is -4.78. The van der Waals surface area contributed by atoms with E-state index in [2.05, 4.69) is 15.7 Å². The molecule has 0 atom stereocenters. The molecule has 2 aromatic heterocycles. The van der Waals surface area contributed by atoms with E-state index in [9.17, 15) is 22.8 Å². The van der Waals surface area contributed by atoms with E-state index < -0.39 is 29.2 Å². The van der Waals surface area contributed by atoms with Gasteiger partial charge in [-0.2, -0.15) is 18.3 Å². The molecule has 0 radical (unpaired) electrons. The second kappa shape index (κ2) is 9.03. The van der Waals surface area contributed by atoms with Gasteiger partial charge in [0.1, 0.15) is 0 Å². The Bertz CT molecular complexity index is 1250. The van der Waals surface area contributed by atoms with Crippen LogP contribution in [0.3, 0.4) is 0 Å². The highest BCUT2D eigenvalue weighted by molar-refractivity contribution is 6.02. The Morgan fingerprint density at radius 2 is 1.67 bits per heavy atom. The number of para-hydroxylation sites is 1. The van der Waals surface area contributed by atoms with Crippen LogP contribution in [0.5, 0.6) is 0 Å². The molecule has 2 heterocycles. The molecular formula is C23H17F3N4O3. The zero-order chi connectivity index (χ0) is 23.4. The van der Waals surface area contributed by atoms with E-state index in [1.807, 2.05) is 0 Å². The van der Waals surface area contributed by atoms with E-state index in [1.165, 1.54) is 24.5 Å². The number of nitrogens with zero attached hydrogens (tertiary/aromatic N) is 2. The average Bonchev–Trinajstić information content (AvgIpc) is 3.49. The molecule has 2 aromatic carbocycles. The molecule has 168 valence electrons. The molecule has 0 saturated heterocycles. The Morgan fingerprint density at radius 1 is 0.939 bits per heavy atom. The number of benzene rings is 2. The fourth-order valence-electron chi connectivity index (χ4n) is 3.14. The van der Waals surface area contributed by atoms with Crippen molar-refractivity contribution in [3.63, 3.8) is 0 Å². The Labute approximate surface area is 185 Å². The van der Waals surface area contributed by atoms with Crippen LogP contribution in [0.15, 0.2) is 83.6 Å². The van der Waals surface area contributed by atoms with Gasteiger partial charge < -0.3 is 15.1 Å². The maximum absolute atomic E-state index is 13.7. The second-order valence-electron chi connectivity index (χ2n) is 6.96. The number of amides is 2. The van der Waals surface area contributed by atoms with Crippen LogP contribution in [0, 0.1) is 0 Å². The largest absolute Gasteiger partial charge is 0.459 e. The van der Waals surface area contributed by atoms with Gasteiger partial charge in [-0.15, -0.1) is 0 Å². The highest BCUT2D eigenvalue weighted by Crippen LogP contribution is 2.33. The van der Waals surface area contributed by atoms with Crippen LogP contribution in [-0.4, -0.2) is 21.6 Å². The summed E-state index contributed by atoms with van der Waals surface area (Å²) in [5.74, 6) is -1.17. The molecule has 0 saturated carbocycles. The Balaban J connectivity index is 1.45. The molecule has 0 spiro atoms. The first-order chi connectivity index (χ1) is 15.8. The smallest absolute Gasteiger partial charge is 0.434 e. The van der Waals surface area contributed by atoms with Crippen molar-refractivity contribution in [3.05, 3.63) is 102 Å². The highest BCUT2D eigenvalue weighted by atomic mass is 19.4.